The number of imide groups is 1. The standard InChI is InChI=1S/C41H49N7O9/c1-41(2,3)44-37(51)45-22-24-46(25-23-45)39(53)48-33(35(50)55-26-29-14-7-4-8-15-29)32(34(48)49)20-13-21-47(40(54)57-28-31-18-11-6-12-19-31)36(42)43-38(52)56-27-30-16-9-5-10-17-30/h4-12,14-19,32-33H,13,20-28H2,1-3H3,(H,44,51)(H2,42,43,52). The van der Waals surface area contributed by atoms with Gasteiger partial charge in [0.25, 0.3) is 0 Å². The molecule has 3 N–H and O–H groups in total. The molecule has 2 heterocycles. The first-order valence-corrected chi connectivity index (χ1v) is 18.7. The van der Waals surface area contributed by atoms with E-state index in [1.807, 2.05) is 39.0 Å². The van der Waals surface area contributed by atoms with Crippen LogP contribution in [0.5, 0.6) is 0 Å². The number of hydrogen-bond acceptors (Lipinski definition) is 9. The normalized spacial score (nSPS) is 16.9. The van der Waals surface area contributed by atoms with E-state index in [0.717, 1.165) is 20.9 Å². The Hall–Kier alpha value is -6.45. The van der Waals surface area contributed by atoms with Crippen molar-refractivity contribution in [2.24, 2.45) is 16.6 Å². The summed E-state index contributed by atoms with van der Waals surface area (Å²) in [5.41, 5.74) is 7.88. The SMILES string of the molecule is CC(C)(C)NC(=O)N1CCN(C(=O)N2C(=O)C(CCCN(C(=O)OCc3ccccc3)/C(N)=N/C(=O)OCc3ccccc3)C2C(=O)OCc2ccccc2)CC1. The number of urea groups is 2. The van der Waals surface area contributed by atoms with E-state index < -0.39 is 53.6 Å². The predicted molar refractivity (Wildman–Crippen MR) is 208 cm³/mol. The second-order valence-electron chi connectivity index (χ2n) is 14.6. The molecular formula is C41H49N7O9. The molecule has 3 aromatic rings. The van der Waals surface area contributed by atoms with E-state index >= 15 is 0 Å². The van der Waals surface area contributed by atoms with Crippen molar-refractivity contribution in [1.29, 1.82) is 0 Å². The number of amides is 7. The van der Waals surface area contributed by atoms with Crippen LogP contribution in [0.25, 0.3) is 0 Å². The van der Waals surface area contributed by atoms with Gasteiger partial charge in [0.2, 0.25) is 11.9 Å². The van der Waals surface area contributed by atoms with Gasteiger partial charge in [-0.15, -0.1) is 4.99 Å². The topological polar surface area (TPSA) is 193 Å². The molecule has 0 bridgehead atoms. The van der Waals surface area contributed by atoms with Crippen molar-refractivity contribution in [1.82, 2.24) is 24.9 Å². The minimum Gasteiger partial charge on any atom is -0.459 e. The predicted octanol–water partition coefficient (Wildman–Crippen LogP) is 4.87. The van der Waals surface area contributed by atoms with Gasteiger partial charge < -0.3 is 35.1 Å². The summed E-state index contributed by atoms with van der Waals surface area (Å²) in [5.74, 6) is -2.80. The van der Waals surface area contributed by atoms with E-state index in [-0.39, 0.29) is 71.4 Å². The van der Waals surface area contributed by atoms with Crippen LogP contribution >= 0.6 is 0 Å². The van der Waals surface area contributed by atoms with Crippen molar-refractivity contribution < 1.29 is 43.0 Å². The maximum absolute atomic E-state index is 13.8. The van der Waals surface area contributed by atoms with Gasteiger partial charge in [0, 0.05) is 38.3 Å². The monoisotopic (exact) mass is 783 g/mol. The van der Waals surface area contributed by atoms with Crippen LogP contribution in [0.2, 0.25) is 0 Å². The molecule has 16 heteroatoms. The Morgan fingerprint density at radius 2 is 1.25 bits per heavy atom. The highest BCUT2D eigenvalue weighted by Crippen LogP contribution is 2.33. The van der Waals surface area contributed by atoms with Crippen molar-refractivity contribution in [2.45, 2.75) is 65.0 Å². The molecule has 2 fully saturated rings. The Morgan fingerprint density at radius 1 is 0.754 bits per heavy atom. The van der Waals surface area contributed by atoms with E-state index in [1.54, 1.807) is 77.7 Å². The average Bonchev–Trinajstić information content (AvgIpc) is 3.20. The molecule has 0 aliphatic carbocycles. The first-order chi connectivity index (χ1) is 27.3. The Bertz CT molecular complexity index is 1900. The minimum absolute atomic E-state index is 0.0443. The number of aliphatic imine (C=N–C) groups is 1. The van der Waals surface area contributed by atoms with Crippen LogP contribution < -0.4 is 11.1 Å². The Labute approximate surface area is 331 Å². The zero-order valence-electron chi connectivity index (χ0n) is 32.4. The summed E-state index contributed by atoms with van der Waals surface area (Å²) in [7, 11) is 0. The number of carbonyl (C=O) groups is 6. The molecule has 0 spiro atoms. The van der Waals surface area contributed by atoms with Crippen molar-refractivity contribution in [3.8, 4) is 0 Å². The van der Waals surface area contributed by atoms with E-state index in [9.17, 15) is 28.8 Å². The fourth-order valence-corrected chi connectivity index (χ4v) is 6.25. The maximum atomic E-state index is 13.8. The third-order valence-electron chi connectivity index (χ3n) is 9.21. The van der Waals surface area contributed by atoms with Crippen molar-refractivity contribution in [3.05, 3.63) is 108 Å². The summed E-state index contributed by atoms with van der Waals surface area (Å²) >= 11 is 0. The number of hydrogen-bond donors (Lipinski definition) is 2. The number of esters is 1. The highest BCUT2D eigenvalue weighted by Gasteiger charge is 2.56. The summed E-state index contributed by atoms with van der Waals surface area (Å²) in [6.45, 7) is 6.00. The molecule has 57 heavy (non-hydrogen) atoms. The molecule has 3 aromatic carbocycles. The number of guanidine groups is 1. The lowest BCUT2D eigenvalue weighted by Gasteiger charge is -2.47. The van der Waals surface area contributed by atoms with E-state index in [2.05, 4.69) is 10.3 Å². The molecule has 5 rings (SSSR count). The van der Waals surface area contributed by atoms with Gasteiger partial charge in [-0.2, -0.15) is 0 Å². The number of ether oxygens (including phenoxy) is 3. The average molecular weight is 784 g/mol. The van der Waals surface area contributed by atoms with Gasteiger partial charge in [-0.25, -0.2) is 33.8 Å². The van der Waals surface area contributed by atoms with E-state index in [1.165, 1.54) is 4.90 Å². The summed E-state index contributed by atoms with van der Waals surface area (Å²) < 4.78 is 16.3. The van der Waals surface area contributed by atoms with Crippen LogP contribution in [0.4, 0.5) is 19.2 Å². The third kappa shape index (κ3) is 11.8. The van der Waals surface area contributed by atoms with Gasteiger partial charge in [-0.3, -0.25) is 4.79 Å². The molecule has 302 valence electrons. The van der Waals surface area contributed by atoms with E-state index in [4.69, 9.17) is 19.9 Å². The molecule has 0 saturated carbocycles. The lowest BCUT2D eigenvalue weighted by molar-refractivity contribution is -0.171. The molecule has 2 aliphatic rings. The number of nitrogens with two attached hydrogens (primary N) is 1. The second kappa shape index (κ2) is 19.4. The summed E-state index contributed by atoms with van der Waals surface area (Å²) in [5, 5.41) is 2.90. The second-order valence-corrected chi connectivity index (χ2v) is 14.6. The lowest BCUT2D eigenvalue weighted by atomic mass is 9.83. The number of piperazine rings is 1. The highest BCUT2D eigenvalue weighted by atomic mass is 16.6. The number of likely N-dealkylation sites (tertiary alicyclic amines) is 1. The van der Waals surface area contributed by atoms with Crippen LogP contribution in [-0.2, 0) is 43.6 Å². The Morgan fingerprint density at radius 3 is 1.77 bits per heavy atom. The van der Waals surface area contributed by atoms with Crippen molar-refractivity contribution in [2.75, 3.05) is 32.7 Å². The van der Waals surface area contributed by atoms with Gasteiger partial charge in [-0.05, 0) is 50.3 Å². The van der Waals surface area contributed by atoms with Gasteiger partial charge in [0.05, 0.1) is 5.92 Å². The molecule has 0 radical (unpaired) electrons. The third-order valence-corrected chi connectivity index (χ3v) is 9.21. The quantitative estimate of drug-likeness (QED) is 0.0891. The van der Waals surface area contributed by atoms with Crippen molar-refractivity contribution >= 4 is 42.1 Å². The van der Waals surface area contributed by atoms with Crippen LogP contribution in [-0.4, -0.2) is 106 Å². The summed E-state index contributed by atoms with van der Waals surface area (Å²) in [6.07, 6.45) is -1.79. The number of benzene rings is 3. The first-order valence-electron chi connectivity index (χ1n) is 18.7. The fourth-order valence-electron chi connectivity index (χ4n) is 6.25. The maximum Gasteiger partial charge on any atom is 0.437 e. The van der Waals surface area contributed by atoms with Crippen LogP contribution in [0, 0.1) is 5.92 Å². The van der Waals surface area contributed by atoms with E-state index in [0.29, 0.717) is 5.56 Å². The first kappa shape index (κ1) is 41.7. The molecular weight excluding hydrogens is 734 g/mol. The van der Waals surface area contributed by atoms with Gasteiger partial charge in [-0.1, -0.05) is 91.0 Å². The number of rotatable bonds is 11. The summed E-state index contributed by atoms with van der Waals surface area (Å²) in [4.78, 5) is 88.4. The Balaban J connectivity index is 1.26. The molecule has 0 aromatic heterocycles. The molecule has 7 amide bonds. The molecule has 2 saturated heterocycles. The summed E-state index contributed by atoms with van der Waals surface area (Å²) in [6, 6.07) is 24.7. The molecule has 2 atom stereocenters. The fraction of sp³-hybridized carbons (Fsp3) is 0.390. The smallest absolute Gasteiger partial charge is 0.437 e. The minimum atomic E-state index is -1.24. The molecule has 2 unspecified atom stereocenters. The van der Waals surface area contributed by atoms with Gasteiger partial charge in [0.1, 0.15) is 19.8 Å². The molecule has 2 aliphatic heterocycles. The lowest BCUT2D eigenvalue weighted by Crippen LogP contribution is -2.70. The molecule has 16 nitrogen and oxygen atoms in total. The number of nitrogens with zero attached hydrogens (tertiary/aromatic N) is 5. The highest BCUT2D eigenvalue weighted by molar-refractivity contribution is 6.08. The number of nitrogens with one attached hydrogen (secondary N) is 1. The van der Waals surface area contributed by atoms with Crippen LogP contribution in [0.1, 0.15) is 50.3 Å². The largest absolute Gasteiger partial charge is 0.459 e. The van der Waals surface area contributed by atoms with Crippen molar-refractivity contribution in [3.63, 3.8) is 0 Å². The van der Waals surface area contributed by atoms with Crippen LogP contribution in [0.3, 0.4) is 0 Å². The Kier molecular flexibility index (Phi) is 14.2. The number of carbonyl (C=O) groups excluding carboxylic acids is 6. The number of β-lactam (4-membered cyclic amide) rings is 1. The van der Waals surface area contributed by atoms with Crippen LogP contribution in [0.15, 0.2) is 96.0 Å². The zero-order chi connectivity index (χ0) is 41.0. The zero-order valence-corrected chi connectivity index (χ0v) is 32.4. The van der Waals surface area contributed by atoms with Gasteiger partial charge in [0.15, 0.2) is 6.04 Å². The van der Waals surface area contributed by atoms with Gasteiger partial charge >= 0.3 is 30.2 Å².